The van der Waals surface area contributed by atoms with Gasteiger partial charge in [-0.15, -0.1) is 11.6 Å². The van der Waals surface area contributed by atoms with Crippen LogP contribution in [-0.2, 0) is 12.1 Å². The summed E-state index contributed by atoms with van der Waals surface area (Å²) < 4.78 is 37.7. The van der Waals surface area contributed by atoms with E-state index in [1.807, 2.05) is 0 Å². The van der Waals surface area contributed by atoms with Crippen LogP contribution in [0.5, 0.6) is 0 Å². The van der Waals surface area contributed by atoms with Gasteiger partial charge in [-0.05, 0) is 33.6 Å². The van der Waals surface area contributed by atoms with Crippen LogP contribution in [0.15, 0.2) is 16.6 Å². The summed E-state index contributed by atoms with van der Waals surface area (Å²) in [5, 5.41) is 0. The van der Waals surface area contributed by atoms with Gasteiger partial charge < -0.3 is 5.73 Å². The third-order valence-corrected chi connectivity index (χ3v) is 2.65. The molecular formula is C8H6BrClF3N. The topological polar surface area (TPSA) is 26.0 Å². The minimum atomic E-state index is -4.42. The fourth-order valence-electron chi connectivity index (χ4n) is 1.01. The lowest BCUT2D eigenvalue weighted by Crippen LogP contribution is -2.09. The van der Waals surface area contributed by atoms with Crippen LogP contribution in [0.25, 0.3) is 0 Å². The van der Waals surface area contributed by atoms with Crippen LogP contribution in [0, 0.1) is 0 Å². The Hall–Kier alpha value is -0.420. The van der Waals surface area contributed by atoms with Gasteiger partial charge in [0.2, 0.25) is 0 Å². The van der Waals surface area contributed by atoms with Gasteiger partial charge in [-0.25, -0.2) is 0 Å². The molecule has 1 aromatic carbocycles. The van der Waals surface area contributed by atoms with Gasteiger partial charge in [-0.1, -0.05) is 0 Å². The molecule has 0 heterocycles. The summed E-state index contributed by atoms with van der Waals surface area (Å²) in [5.41, 5.74) is 4.63. The number of alkyl halides is 4. The van der Waals surface area contributed by atoms with E-state index in [0.717, 1.165) is 6.07 Å². The second-order valence-corrected chi connectivity index (χ2v) is 3.78. The lowest BCUT2D eigenvalue weighted by atomic mass is 10.1. The largest absolute Gasteiger partial charge is 0.416 e. The molecule has 0 unspecified atom stereocenters. The van der Waals surface area contributed by atoms with Crippen molar-refractivity contribution in [3.63, 3.8) is 0 Å². The number of anilines is 1. The summed E-state index contributed by atoms with van der Waals surface area (Å²) in [4.78, 5) is 0. The van der Waals surface area contributed by atoms with Crippen molar-refractivity contribution in [3.05, 3.63) is 27.7 Å². The molecule has 14 heavy (non-hydrogen) atoms. The van der Waals surface area contributed by atoms with Crippen molar-refractivity contribution < 1.29 is 13.2 Å². The molecule has 6 heteroatoms. The summed E-state index contributed by atoms with van der Waals surface area (Å²) >= 11 is 8.44. The molecule has 0 fully saturated rings. The first-order valence-electron chi connectivity index (χ1n) is 3.57. The molecule has 0 aliphatic heterocycles. The molecule has 0 bridgehead atoms. The summed E-state index contributed by atoms with van der Waals surface area (Å²) in [5.74, 6) is -0.201. The van der Waals surface area contributed by atoms with Gasteiger partial charge in [0.1, 0.15) is 0 Å². The number of nitrogens with two attached hydrogens (primary N) is 1. The van der Waals surface area contributed by atoms with Crippen LogP contribution >= 0.6 is 27.5 Å². The van der Waals surface area contributed by atoms with Crippen LogP contribution in [-0.4, -0.2) is 0 Å². The number of nitrogen functional groups attached to an aromatic ring is 1. The minimum absolute atomic E-state index is 0.0141. The van der Waals surface area contributed by atoms with Crippen molar-refractivity contribution in [2.24, 2.45) is 0 Å². The predicted octanol–water partition coefficient (Wildman–Crippen LogP) is 3.79. The van der Waals surface area contributed by atoms with Crippen molar-refractivity contribution >= 4 is 33.2 Å². The maximum absolute atomic E-state index is 12.4. The van der Waals surface area contributed by atoms with Gasteiger partial charge in [0.25, 0.3) is 0 Å². The maximum atomic E-state index is 12.4. The van der Waals surface area contributed by atoms with Crippen LogP contribution in [0.2, 0.25) is 0 Å². The van der Waals surface area contributed by atoms with E-state index in [9.17, 15) is 13.2 Å². The number of hydrogen-bond donors (Lipinski definition) is 1. The zero-order valence-electron chi connectivity index (χ0n) is 6.83. The smallest absolute Gasteiger partial charge is 0.398 e. The Kier molecular flexibility index (Phi) is 3.32. The zero-order chi connectivity index (χ0) is 10.9. The third-order valence-electron chi connectivity index (χ3n) is 1.67. The van der Waals surface area contributed by atoms with Gasteiger partial charge >= 0.3 is 6.18 Å². The first-order valence-corrected chi connectivity index (χ1v) is 4.90. The predicted molar refractivity (Wildman–Crippen MR) is 53.1 cm³/mol. The van der Waals surface area contributed by atoms with E-state index in [-0.39, 0.29) is 17.1 Å². The van der Waals surface area contributed by atoms with Crippen LogP contribution < -0.4 is 5.73 Å². The Bertz CT molecular complexity index is 351. The van der Waals surface area contributed by atoms with Crippen molar-refractivity contribution in [2.45, 2.75) is 12.1 Å². The van der Waals surface area contributed by atoms with Crippen LogP contribution in [0.3, 0.4) is 0 Å². The summed E-state index contributed by atoms with van der Waals surface area (Å²) in [6.07, 6.45) is -4.42. The highest BCUT2D eigenvalue weighted by molar-refractivity contribution is 9.10. The molecule has 0 saturated carbocycles. The number of rotatable bonds is 1. The van der Waals surface area contributed by atoms with E-state index < -0.39 is 11.7 Å². The van der Waals surface area contributed by atoms with Gasteiger partial charge in [-0.2, -0.15) is 13.2 Å². The summed E-state index contributed by atoms with van der Waals surface area (Å²) in [6.45, 7) is 0. The molecule has 0 aliphatic carbocycles. The third kappa shape index (κ3) is 2.33. The number of halogens is 5. The van der Waals surface area contributed by atoms with Gasteiger partial charge in [0, 0.05) is 16.0 Å². The van der Waals surface area contributed by atoms with Crippen molar-refractivity contribution in [1.82, 2.24) is 0 Å². The molecule has 0 aromatic heterocycles. The number of benzene rings is 1. The second-order valence-electron chi connectivity index (χ2n) is 2.66. The molecule has 0 amide bonds. The Balaban J connectivity index is 3.35. The SMILES string of the molecule is Nc1cc(C(F)(F)F)c(CCl)cc1Br. The van der Waals surface area contributed by atoms with Gasteiger partial charge in [-0.3, -0.25) is 0 Å². The average Bonchev–Trinajstić information content (AvgIpc) is 2.07. The lowest BCUT2D eigenvalue weighted by Gasteiger charge is -2.12. The van der Waals surface area contributed by atoms with Gasteiger partial charge in [0.05, 0.1) is 5.56 Å². The van der Waals surface area contributed by atoms with E-state index in [1.54, 1.807) is 0 Å². The zero-order valence-corrected chi connectivity index (χ0v) is 9.17. The van der Waals surface area contributed by atoms with Crippen molar-refractivity contribution in [1.29, 1.82) is 0 Å². The quantitative estimate of drug-likeness (QED) is 0.617. The first kappa shape index (κ1) is 11.7. The molecule has 0 radical (unpaired) electrons. The molecule has 1 nitrogen and oxygen atoms in total. The fraction of sp³-hybridized carbons (Fsp3) is 0.250. The van der Waals surface area contributed by atoms with Crippen molar-refractivity contribution in [2.75, 3.05) is 5.73 Å². The summed E-state index contributed by atoms with van der Waals surface area (Å²) in [6, 6.07) is 2.16. The first-order chi connectivity index (χ1) is 6.36. The molecular weight excluding hydrogens is 282 g/mol. The average molecular weight is 288 g/mol. The second kappa shape index (κ2) is 3.98. The molecule has 0 spiro atoms. The normalized spacial score (nSPS) is 11.8. The molecule has 0 aliphatic rings. The Morgan fingerprint density at radius 1 is 1.36 bits per heavy atom. The van der Waals surface area contributed by atoms with Gasteiger partial charge in [0.15, 0.2) is 0 Å². The highest BCUT2D eigenvalue weighted by Crippen LogP contribution is 2.36. The molecule has 0 atom stereocenters. The van der Waals surface area contributed by atoms with E-state index in [4.69, 9.17) is 17.3 Å². The Morgan fingerprint density at radius 2 is 1.93 bits per heavy atom. The van der Waals surface area contributed by atoms with Crippen LogP contribution in [0.4, 0.5) is 18.9 Å². The highest BCUT2D eigenvalue weighted by Gasteiger charge is 2.33. The molecule has 2 N–H and O–H groups in total. The van der Waals surface area contributed by atoms with E-state index in [1.165, 1.54) is 6.07 Å². The fourth-order valence-corrected chi connectivity index (χ4v) is 1.62. The Morgan fingerprint density at radius 3 is 2.36 bits per heavy atom. The molecule has 0 saturated heterocycles. The molecule has 1 rings (SSSR count). The Labute approximate surface area is 92.2 Å². The standard InChI is InChI=1S/C8H6BrClF3N/c9-6-1-4(3-10)5(2-7(6)14)8(11,12)13/h1-2H,3,14H2. The van der Waals surface area contributed by atoms with Crippen molar-refractivity contribution in [3.8, 4) is 0 Å². The minimum Gasteiger partial charge on any atom is -0.398 e. The van der Waals surface area contributed by atoms with E-state index >= 15 is 0 Å². The molecule has 1 aromatic rings. The molecule has 78 valence electrons. The summed E-state index contributed by atoms with van der Waals surface area (Å²) in [7, 11) is 0. The maximum Gasteiger partial charge on any atom is 0.416 e. The highest BCUT2D eigenvalue weighted by atomic mass is 79.9. The number of hydrogen-bond acceptors (Lipinski definition) is 1. The van der Waals surface area contributed by atoms with E-state index in [2.05, 4.69) is 15.9 Å². The van der Waals surface area contributed by atoms with E-state index in [0.29, 0.717) is 4.47 Å². The lowest BCUT2D eigenvalue weighted by molar-refractivity contribution is -0.138. The van der Waals surface area contributed by atoms with Crippen LogP contribution in [0.1, 0.15) is 11.1 Å². The monoisotopic (exact) mass is 287 g/mol.